The van der Waals surface area contributed by atoms with E-state index in [0.29, 0.717) is 0 Å². The van der Waals surface area contributed by atoms with Crippen LogP contribution in [0, 0.1) is 0 Å². The van der Waals surface area contributed by atoms with E-state index in [1.165, 1.54) is 16.3 Å². The highest BCUT2D eigenvalue weighted by molar-refractivity contribution is 9.10. The Kier molecular flexibility index (Phi) is 3.26. The van der Waals surface area contributed by atoms with E-state index in [4.69, 9.17) is 4.74 Å². The second-order valence-electron chi connectivity index (χ2n) is 4.41. The Morgan fingerprint density at radius 1 is 0.842 bits per heavy atom. The van der Waals surface area contributed by atoms with Crippen LogP contribution in [0.5, 0.6) is 5.75 Å². The van der Waals surface area contributed by atoms with Gasteiger partial charge in [0, 0.05) is 10.0 Å². The molecule has 0 aliphatic carbocycles. The molecule has 0 aliphatic rings. The molecule has 0 radical (unpaired) electrons. The lowest BCUT2D eigenvalue weighted by atomic mass is 10.0. The van der Waals surface area contributed by atoms with Gasteiger partial charge in [-0.05, 0) is 40.6 Å². The largest absolute Gasteiger partial charge is 0.496 e. The Balaban J connectivity index is 2.20. The lowest BCUT2D eigenvalue weighted by molar-refractivity contribution is 0.416. The molecule has 0 atom stereocenters. The topological polar surface area (TPSA) is 9.23 Å². The van der Waals surface area contributed by atoms with Gasteiger partial charge in [0.1, 0.15) is 5.75 Å². The minimum absolute atomic E-state index is 0.900. The third-order valence-corrected chi connectivity index (χ3v) is 3.71. The van der Waals surface area contributed by atoms with E-state index in [0.717, 1.165) is 15.8 Å². The first-order valence-electron chi connectivity index (χ1n) is 6.10. The minimum Gasteiger partial charge on any atom is -0.496 e. The molecule has 3 aromatic carbocycles. The van der Waals surface area contributed by atoms with Crippen molar-refractivity contribution < 1.29 is 4.74 Å². The van der Waals surface area contributed by atoms with Crippen molar-refractivity contribution in [3.05, 3.63) is 65.1 Å². The van der Waals surface area contributed by atoms with Gasteiger partial charge in [0.25, 0.3) is 0 Å². The predicted octanol–water partition coefficient (Wildman–Crippen LogP) is 5.28. The molecular weight excluding hydrogens is 300 g/mol. The normalized spacial score (nSPS) is 10.6. The molecule has 0 heterocycles. The highest BCUT2D eigenvalue weighted by Gasteiger charge is 2.05. The average Bonchev–Trinajstić information content (AvgIpc) is 2.46. The first kappa shape index (κ1) is 12.2. The summed E-state index contributed by atoms with van der Waals surface area (Å²) in [6.07, 6.45) is 0. The molecule has 0 saturated heterocycles. The molecule has 0 spiro atoms. The van der Waals surface area contributed by atoms with E-state index in [-0.39, 0.29) is 0 Å². The summed E-state index contributed by atoms with van der Waals surface area (Å²) < 4.78 is 6.52. The fraction of sp³-hybridized carbons (Fsp3) is 0.0588. The molecule has 0 saturated carbocycles. The number of ether oxygens (including phenoxy) is 1. The lowest BCUT2D eigenvalue weighted by Gasteiger charge is -2.09. The monoisotopic (exact) mass is 312 g/mol. The third-order valence-electron chi connectivity index (χ3n) is 3.22. The summed E-state index contributed by atoms with van der Waals surface area (Å²) in [7, 11) is 1.70. The zero-order chi connectivity index (χ0) is 13.2. The Hall–Kier alpha value is -1.80. The van der Waals surface area contributed by atoms with Gasteiger partial charge in [-0.3, -0.25) is 0 Å². The first-order valence-corrected chi connectivity index (χ1v) is 6.90. The smallest absolute Gasteiger partial charge is 0.126 e. The maximum absolute atomic E-state index is 5.43. The van der Waals surface area contributed by atoms with Crippen molar-refractivity contribution >= 4 is 26.7 Å². The standard InChI is InChI=1S/C17H13BrO/c1-19-17-5-3-2-4-16(17)13-7-6-12-8-9-15(18)11-14(12)10-13/h2-11H,1H3. The highest BCUT2D eigenvalue weighted by Crippen LogP contribution is 2.32. The number of para-hydroxylation sites is 1. The van der Waals surface area contributed by atoms with Crippen molar-refractivity contribution in [3.8, 4) is 16.9 Å². The molecule has 2 heteroatoms. The molecule has 1 nitrogen and oxygen atoms in total. The number of fused-ring (bicyclic) bond motifs is 1. The summed E-state index contributed by atoms with van der Waals surface area (Å²) in [6, 6.07) is 20.9. The number of rotatable bonds is 2. The fourth-order valence-corrected chi connectivity index (χ4v) is 2.65. The quantitative estimate of drug-likeness (QED) is 0.625. The molecule has 0 N–H and O–H groups in total. The van der Waals surface area contributed by atoms with E-state index in [9.17, 15) is 0 Å². The molecule has 0 bridgehead atoms. The van der Waals surface area contributed by atoms with Crippen molar-refractivity contribution in [2.45, 2.75) is 0 Å². The first-order chi connectivity index (χ1) is 9.28. The third kappa shape index (κ3) is 2.36. The molecule has 19 heavy (non-hydrogen) atoms. The highest BCUT2D eigenvalue weighted by atomic mass is 79.9. The maximum atomic E-state index is 5.43. The Labute approximate surface area is 121 Å². The van der Waals surface area contributed by atoms with Crippen molar-refractivity contribution in [2.75, 3.05) is 7.11 Å². The van der Waals surface area contributed by atoms with Gasteiger partial charge in [-0.15, -0.1) is 0 Å². The van der Waals surface area contributed by atoms with Gasteiger partial charge in [-0.2, -0.15) is 0 Å². The van der Waals surface area contributed by atoms with Crippen LogP contribution in [0.4, 0.5) is 0 Å². The van der Waals surface area contributed by atoms with Gasteiger partial charge >= 0.3 is 0 Å². The summed E-state index contributed by atoms with van der Waals surface area (Å²) in [6.45, 7) is 0. The Bertz CT molecular complexity index is 734. The zero-order valence-electron chi connectivity index (χ0n) is 10.6. The van der Waals surface area contributed by atoms with Gasteiger partial charge in [-0.1, -0.05) is 52.3 Å². The van der Waals surface area contributed by atoms with Crippen LogP contribution in [0.2, 0.25) is 0 Å². The van der Waals surface area contributed by atoms with Crippen LogP contribution in [0.25, 0.3) is 21.9 Å². The van der Waals surface area contributed by atoms with E-state index in [2.05, 4.69) is 58.4 Å². The van der Waals surface area contributed by atoms with Crippen LogP contribution in [-0.4, -0.2) is 7.11 Å². The molecule has 0 fully saturated rings. The Morgan fingerprint density at radius 3 is 2.47 bits per heavy atom. The molecule has 0 aromatic heterocycles. The molecule has 3 aromatic rings. The van der Waals surface area contributed by atoms with E-state index in [1.54, 1.807) is 7.11 Å². The lowest BCUT2D eigenvalue weighted by Crippen LogP contribution is -1.87. The molecule has 94 valence electrons. The second-order valence-corrected chi connectivity index (χ2v) is 5.32. The van der Waals surface area contributed by atoms with E-state index < -0.39 is 0 Å². The number of hydrogen-bond acceptors (Lipinski definition) is 1. The summed E-state index contributed by atoms with van der Waals surface area (Å²) in [4.78, 5) is 0. The second kappa shape index (κ2) is 5.06. The number of benzene rings is 3. The predicted molar refractivity (Wildman–Crippen MR) is 83.6 cm³/mol. The van der Waals surface area contributed by atoms with Crippen molar-refractivity contribution in [1.82, 2.24) is 0 Å². The van der Waals surface area contributed by atoms with Gasteiger partial charge in [-0.25, -0.2) is 0 Å². The molecule has 0 amide bonds. The van der Waals surface area contributed by atoms with Gasteiger partial charge in [0.05, 0.1) is 7.11 Å². The van der Waals surface area contributed by atoms with Crippen LogP contribution in [0.15, 0.2) is 65.1 Å². The zero-order valence-corrected chi connectivity index (χ0v) is 12.1. The van der Waals surface area contributed by atoms with Crippen LogP contribution in [0.3, 0.4) is 0 Å². The van der Waals surface area contributed by atoms with Crippen molar-refractivity contribution in [1.29, 1.82) is 0 Å². The van der Waals surface area contributed by atoms with Crippen LogP contribution in [-0.2, 0) is 0 Å². The van der Waals surface area contributed by atoms with E-state index >= 15 is 0 Å². The van der Waals surface area contributed by atoms with Crippen LogP contribution >= 0.6 is 15.9 Å². The molecule has 0 unspecified atom stereocenters. The minimum atomic E-state index is 0.900. The van der Waals surface area contributed by atoms with E-state index in [1.807, 2.05) is 18.2 Å². The van der Waals surface area contributed by atoms with Gasteiger partial charge < -0.3 is 4.74 Å². The number of hydrogen-bond donors (Lipinski definition) is 0. The van der Waals surface area contributed by atoms with Gasteiger partial charge in [0.2, 0.25) is 0 Å². The average molecular weight is 313 g/mol. The van der Waals surface area contributed by atoms with Crippen molar-refractivity contribution in [2.24, 2.45) is 0 Å². The Morgan fingerprint density at radius 2 is 1.63 bits per heavy atom. The van der Waals surface area contributed by atoms with Crippen LogP contribution < -0.4 is 4.74 Å². The summed E-state index contributed by atoms with van der Waals surface area (Å²) in [5.41, 5.74) is 2.29. The number of methoxy groups -OCH3 is 1. The van der Waals surface area contributed by atoms with Gasteiger partial charge in [0.15, 0.2) is 0 Å². The van der Waals surface area contributed by atoms with Crippen LogP contribution in [0.1, 0.15) is 0 Å². The summed E-state index contributed by atoms with van der Waals surface area (Å²) >= 11 is 3.52. The molecule has 0 aliphatic heterocycles. The maximum Gasteiger partial charge on any atom is 0.126 e. The fourth-order valence-electron chi connectivity index (χ4n) is 2.27. The molecular formula is C17H13BrO. The summed E-state index contributed by atoms with van der Waals surface area (Å²) in [5.74, 6) is 0.900. The molecule has 3 rings (SSSR count). The number of halogens is 1. The SMILES string of the molecule is COc1ccccc1-c1ccc2ccc(Br)cc2c1. The van der Waals surface area contributed by atoms with Crippen molar-refractivity contribution in [3.63, 3.8) is 0 Å². The summed E-state index contributed by atoms with van der Waals surface area (Å²) in [5, 5.41) is 2.46.